The molecule has 44 heavy (non-hydrogen) atoms. The van der Waals surface area contributed by atoms with Crippen LogP contribution in [0, 0.1) is 0 Å². The van der Waals surface area contributed by atoms with E-state index in [1.807, 2.05) is 121 Å². The number of hydrogen-bond donors (Lipinski definition) is 2. The molecule has 0 fully saturated rings. The van der Waals surface area contributed by atoms with Gasteiger partial charge in [-0.25, -0.2) is 0 Å². The third-order valence-electron chi connectivity index (χ3n) is 9.65. The fourth-order valence-electron chi connectivity index (χ4n) is 7.82. The molecule has 0 saturated heterocycles. The van der Waals surface area contributed by atoms with E-state index in [4.69, 9.17) is 0 Å². The fourth-order valence-corrected chi connectivity index (χ4v) is 7.82. The Balaban J connectivity index is 1.59. The van der Waals surface area contributed by atoms with Crippen LogP contribution >= 0.6 is 0 Å². The maximum atomic E-state index is 13.6. The summed E-state index contributed by atoms with van der Waals surface area (Å²) in [5.74, 6) is -0.571. The highest BCUT2D eigenvalue weighted by Gasteiger charge is 2.56. The molecule has 0 spiro atoms. The second kappa shape index (κ2) is 10.3. The van der Waals surface area contributed by atoms with Gasteiger partial charge in [0, 0.05) is 11.8 Å². The summed E-state index contributed by atoms with van der Waals surface area (Å²) in [6.07, 6.45) is 0. The first-order chi connectivity index (χ1) is 21.6. The maximum absolute atomic E-state index is 13.6. The number of hydrogen-bond acceptors (Lipinski definition) is 2. The van der Waals surface area contributed by atoms with Gasteiger partial charge in [0.1, 0.15) is 11.2 Å². The van der Waals surface area contributed by atoms with Crippen LogP contribution < -0.4 is 0 Å². The smallest absolute Gasteiger partial charge is 0.137 e. The van der Waals surface area contributed by atoms with Crippen molar-refractivity contribution in [3.05, 3.63) is 226 Å². The van der Waals surface area contributed by atoms with E-state index < -0.39 is 11.2 Å². The first kappa shape index (κ1) is 26.6. The fraction of sp³-hybridized carbons (Fsp3) is 0.0952. The van der Waals surface area contributed by atoms with Gasteiger partial charge in [-0.2, -0.15) is 0 Å². The van der Waals surface area contributed by atoms with Gasteiger partial charge < -0.3 is 10.2 Å². The zero-order valence-electron chi connectivity index (χ0n) is 24.2. The standard InChI is InChI=1S/C42H32O2/c43-41(29-17-5-1-6-18-29,30-19-7-2-8-20-30)39-37-33-25-13-15-27-35(33)38(36-28-16-14-26-34(36)37)40(39)42(44,31-21-9-3-10-22-31)32-23-11-4-12-24-32/h1-28,37-38,43-44H. The summed E-state index contributed by atoms with van der Waals surface area (Å²) in [7, 11) is 0. The zero-order chi connectivity index (χ0) is 29.7. The molecule has 0 radical (unpaired) electrons. The largest absolute Gasteiger partial charge is 0.376 e. The Kier molecular flexibility index (Phi) is 6.23. The lowest BCUT2D eigenvalue weighted by Crippen LogP contribution is -2.46. The summed E-state index contributed by atoms with van der Waals surface area (Å²) in [5.41, 5.74) is 6.29. The van der Waals surface area contributed by atoms with Crippen molar-refractivity contribution in [3.63, 3.8) is 0 Å². The van der Waals surface area contributed by atoms with E-state index in [2.05, 4.69) is 48.5 Å². The summed E-state index contributed by atoms with van der Waals surface area (Å²) in [5, 5.41) is 27.2. The minimum Gasteiger partial charge on any atom is -0.376 e. The molecule has 9 rings (SSSR count). The van der Waals surface area contributed by atoms with Crippen molar-refractivity contribution in [1.29, 1.82) is 0 Å². The average molecular weight is 569 g/mol. The predicted molar refractivity (Wildman–Crippen MR) is 175 cm³/mol. The van der Waals surface area contributed by atoms with Crippen molar-refractivity contribution >= 4 is 0 Å². The molecule has 6 aromatic rings. The molecular formula is C42H32O2. The summed E-state index contributed by atoms with van der Waals surface area (Å²) >= 11 is 0. The van der Waals surface area contributed by atoms with Crippen LogP contribution in [-0.2, 0) is 11.2 Å². The number of rotatable bonds is 6. The lowest BCUT2D eigenvalue weighted by Gasteiger charge is -2.52. The minimum atomic E-state index is -1.54. The van der Waals surface area contributed by atoms with Gasteiger partial charge in [-0.15, -0.1) is 0 Å². The van der Waals surface area contributed by atoms with E-state index in [1.54, 1.807) is 0 Å². The Hall–Kier alpha value is -5.02. The molecule has 2 N–H and O–H groups in total. The van der Waals surface area contributed by atoms with Crippen molar-refractivity contribution in [2.45, 2.75) is 23.0 Å². The Morgan fingerprint density at radius 3 is 0.727 bits per heavy atom. The molecule has 2 nitrogen and oxygen atoms in total. The Morgan fingerprint density at radius 1 is 0.295 bits per heavy atom. The van der Waals surface area contributed by atoms with E-state index in [0.29, 0.717) is 0 Å². The zero-order valence-corrected chi connectivity index (χ0v) is 24.2. The first-order valence-corrected chi connectivity index (χ1v) is 15.2. The van der Waals surface area contributed by atoms with Gasteiger partial charge in [-0.1, -0.05) is 170 Å². The van der Waals surface area contributed by atoms with Gasteiger partial charge >= 0.3 is 0 Å². The summed E-state index contributed by atoms with van der Waals surface area (Å²) in [6.45, 7) is 0. The SMILES string of the molecule is OC(C1=C(C(O)(c2ccccc2)c2ccccc2)C2c3ccccc3C1c1ccccc12)(c1ccccc1)c1ccccc1. The van der Waals surface area contributed by atoms with Gasteiger partial charge in [-0.3, -0.25) is 0 Å². The highest BCUT2D eigenvalue weighted by molar-refractivity contribution is 5.72. The molecule has 0 heterocycles. The van der Waals surface area contributed by atoms with Crippen LogP contribution in [0.2, 0.25) is 0 Å². The molecule has 0 atom stereocenters. The molecule has 0 saturated carbocycles. The van der Waals surface area contributed by atoms with Crippen LogP contribution in [0.1, 0.15) is 56.3 Å². The van der Waals surface area contributed by atoms with Gasteiger partial charge in [0.05, 0.1) is 0 Å². The molecule has 0 amide bonds. The van der Waals surface area contributed by atoms with Crippen molar-refractivity contribution in [3.8, 4) is 0 Å². The van der Waals surface area contributed by atoms with E-state index in [-0.39, 0.29) is 11.8 Å². The van der Waals surface area contributed by atoms with E-state index in [9.17, 15) is 10.2 Å². The minimum absolute atomic E-state index is 0.285. The van der Waals surface area contributed by atoms with Crippen molar-refractivity contribution in [1.82, 2.24) is 0 Å². The lowest BCUT2D eigenvalue weighted by molar-refractivity contribution is 0.0843. The van der Waals surface area contributed by atoms with E-state index in [0.717, 1.165) is 33.4 Å². The molecule has 212 valence electrons. The second-order valence-electron chi connectivity index (χ2n) is 11.8. The first-order valence-electron chi connectivity index (χ1n) is 15.2. The highest BCUT2D eigenvalue weighted by atomic mass is 16.3. The number of benzene rings is 6. The van der Waals surface area contributed by atoms with Crippen molar-refractivity contribution in [2.24, 2.45) is 0 Å². The molecule has 3 aliphatic carbocycles. The third-order valence-corrected chi connectivity index (χ3v) is 9.65. The van der Waals surface area contributed by atoms with Gasteiger partial charge in [0.15, 0.2) is 0 Å². The molecule has 0 aliphatic heterocycles. The van der Waals surface area contributed by atoms with Crippen molar-refractivity contribution < 1.29 is 10.2 Å². The molecule has 0 unspecified atom stereocenters. The molecule has 2 heteroatoms. The summed E-state index contributed by atoms with van der Waals surface area (Å²) < 4.78 is 0. The van der Waals surface area contributed by atoms with Crippen LogP contribution in [0.3, 0.4) is 0 Å². The van der Waals surface area contributed by atoms with Crippen LogP contribution in [0.15, 0.2) is 181 Å². The van der Waals surface area contributed by atoms with Gasteiger partial charge in [0.25, 0.3) is 0 Å². The monoisotopic (exact) mass is 568 g/mol. The molecule has 2 bridgehead atoms. The van der Waals surface area contributed by atoms with Crippen LogP contribution in [0.4, 0.5) is 0 Å². The van der Waals surface area contributed by atoms with Crippen LogP contribution in [-0.4, -0.2) is 10.2 Å². The summed E-state index contributed by atoms with van der Waals surface area (Å²) in [4.78, 5) is 0. The Labute approximate surface area is 258 Å². The van der Waals surface area contributed by atoms with Crippen molar-refractivity contribution in [2.75, 3.05) is 0 Å². The predicted octanol–water partition coefficient (Wildman–Crippen LogP) is 8.45. The van der Waals surface area contributed by atoms with E-state index >= 15 is 0 Å². The van der Waals surface area contributed by atoms with E-state index in [1.165, 1.54) is 22.3 Å². The summed E-state index contributed by atoms with van der Waals surface area (Å²) in [6, 6.07) is 56.9. The average Bonchev–Trinajstić information content (AvgIpc) is 3.12. The third kappa shape index (κ3) is 3.75. The van der Waals surface area contributed by atoms with Crippen LogP contribution in [0.5, 0.6) is 0 Å². The topological polar surface area (TPSA) is 40.5 Å². The molecular weight excluding hydrogens is 536 g/mol. The molecule has 0 aromatic heterocycles. The second-order valence-corrected chi connectivity index (χ2v) is 11.8. The van der Waals surface area contributed by atoms with Gasteiger partial charge in [-0.05, 0) is 55.7 Å². The lowest BCUT2D eigenvalue weighted by atomic mass is 9.52. The number of aliphatic hydroxyl groups is 2. The Morgan fingerprint density at radius 2 is 0.500 bits per heavy atom. The maximum Gasteiger partial charge on any atom is 0.137 e. The molecule has 3 aliphatic rings. The van der Waals surface area contributed by atoms with Gasteiger partial charge in [0.2, 0.25) is 0 Å². The molecule has 6 aromatic carbocycles. The normalized spacial score (nSPS) is 17.2. The highest BCUT2D eigenvalue weighted by Crippen LogP contribution is 2.64. The Bertz CT molecular complexity index is 1710. The van der Waals surface area contributed by atoms with Crippen LogP contribution in [0.25, 0.3) is 0 Å². The quantitative estimate of drug-likeness (QED) is 0.198.